The largest absolute Gasteiger partial charge is 0.349 e. The van der Waals surface area contributed by atoms with Crippen molar-refractivity contribution in [2.75, 3.05) is 0 Å². The number of nitrogens with zero attached hydrogens (tertiary/aromatic N) is 3. The molecule has 2 heterocycles. The molecule has 0 spiro atoms. The van der Waals surface area contributed by atoms with Gasteiger partial charge in [-0.25, -0.2) is 9.97 Å². The minimum absolute atomic E-state index is 0.505. The molecule has 0 aliphatic heterocycles. The number of aromatic nitrogens is 4. The highest BCUT2D eigenvalue weighted by atomic mass is 15.1. The summed E-state index contributed by atoms with van der Waals surface area (Å²) in [6, 6.07) is 31.9. The zero-order valence-corrected chi connectivity index (χ0v) is 20.4. The molecule has 5 aromatic rings. The Kier molecular flexibility index (Phi) is 8.08. The number of aryl methyl sites for hydroxylation is 1. The van der Waals surface area contributed by atoms with Gasteiger partial charge in [-0.3, -0.25) is 0 Å². The van der Waals surface area contributed by atoms with E-state index >= 15 is 0 Å². The van der Waals surface area contributed by atoms with Gasteiger partial charge in [-0.2, -0.15) is 0 Å². The van der Waals surface area contributed by atoms with Crippen LogP contribution >= 0.6 is 0 Å². The minimum atomic E-state index is -0.505. The average molecular weight is 461 g/mol. The van der Waals surface area contributed by atoms with E-state index in [-0.39, 0.29) is 0 Å². The molecule has 0 radical (unpaired) electrons. The second-order valence-electron chi connectivity index (χ2n) is 8.25. The molecule has 0 bridgehead atoms. The lowest BCUT2D eigenvalue weighted by molar-refractivity contribution is 0.511. The van der Waals surface area contributed by atoms with Crippen LogP contribution in [0.15, 0.2) is 122 Å². The molecule has 0 aliphatic carbocycles. The summed E-state index contributed by atoms with van der Waals surface area (Å²) in [5.41, 5.74) is 3.10. The molecule has 4 heteroatoms. The van der Waals surface area contributed by atoms with Crippen molar-refractivity contribution in [3.05, 3.63) is 150 Å². The van der Waals surface area contributed by atoms with Gasteiger partial charge in [0.2, 0.25) is 0 Å². The maximum absolute atomic E-state index is 4.62. The Labute approximate surface area is 208 Å². The van der Waals surface area contributed by atoms with E-state index in [4.69, 9.17) is 0 Å². The van der Waals surface area contributed by atoms with Gasteiger partial charge in [0, 0.05) is 31.2 Å². The lowest BCUT2D eigenvalue weighted by Gasteiger charge is -2.38. The van der Waals surface area contributed by atoms with Crippen LogP contribution in [0.3, 0.4) is 0 Å². The summed E-state index contributed by atoms with van der Waals surface area (Å²) in [7, 11) is 0. The van der Waals surface area contributed by atoms with E-state index in [1.165, 1.54) is 16.7 Å². The normalized spacial score (nSPS) is 11.3. The molecule has 5 rings (SSSR count). The number of imidazole rings is 2. The van der Waals surface area contributed by atoms with E-state index in [9.17, 15) is 0 Å². The van der Waals surface area contributed by atoms with Crippen LogP contribution in [-0.2, 0) is 12.0 Å². The Hall–Kier alpha value is -4.18. The summed E-state index contributed by atoms with van der Waals surface area (Å²) >= 11 is 0. The van der Waals surface area contributed by atoms with Crippen molar-refractivity contribution >= 4 is 6.08 Å². The minimum Gasteiger partial charge on any atom is -0.349 e. The summed E-state index contributed by atoms with van der Waals surface area (Å²) in [5.74, 6) is 2.02. The monoisotopic (exact) mass is 460 g/mol. The Morgan fingerprint density at radius 3 is 1.74 bits per heavy atom. The molecule has 1 N–H and O–H groups in total. The first-order chi connectivity index (χ1) is 17.3. The third kappa shape index (κ3) is 5.17. The van der Waals surface area contributed by atoms with Gasteiger partial charge in [0.1, 0.15) is 17.2 Å². The number of hydrogen-bond acceptors (Lipinski definition) is 2. The van der Waals surface area contributed by atoms with E-state index in [1.54, 1.807) is 6.20 Å². The predicted molar refractivity (Wildman–Crippen MR) is 144 cm³/mol. The van der Waals surface area contributed by atoms with Crippen molar-refractivity contribution in [1.29, 1.82) is 0 Å². The second kappa shape index (κ2) is 11.8. The molecule has 2 aromatic heterocycles. The highest BCUT2D eigenvalue weighted by molar-refractivity contribution is 5.53. The fourth-order valence-electron chi connectivity index (χ4n) is 4.50. The summed E-state index contributed by atoms with van der Waals surface area (Å²) < 4.78 is 2.27. The molecule has 0 aliphatic rings. The van der Waals surface area contributed by atoms with Crippen molar-refractivity contribution in [2.45, 2.75) is 32.2 Å². The Bertz CT molecular complexity index is 1190. The topological polar surface area (TPSA) is 46.5 Å². The maximum Gasteiger partial charge on any atom is 0.133 e. The van der Waals surface area contributed by atoms with Crippen molar-refractivity contribution in [3.63, 3.8) is 0 Å². The molecule has 0 saturated heterocycles. The molecule has 0 unspecified atom stereocenters. The Balaban J connectivity index is 0.000000308. The van der Waals surface area contributed by atoms with E-state index in [0.717, 1.165) is 24.5 Å². The molecule has 0 fully saturated rings. The fourth-order valence-corrected chi connectivity index (χ4v) is 4.50. The van der Waals surface area contributed by atoms with Crippen molar-refractivity contribution in [2.24, 2.45) is 0 Å². The third-order valence-electron chi connectivity index (χ3n) is 5.96. The number of allylic oxidation sites excluding steroid dienone is 1. The number of H-pyrrole nitrogens is 1. The van der Waals surface area contributed by atoms with Crippen molar-refractivity contribution in [1.82, 2.24) is 19.5 Å². The molecule has 0 amide bonds. The van der Waals surface area contributed by atoms with E-state index < -0.39 is 5.54 Å². The molecule has 0 atom stereocenters. The van der Waals surface area contributed by atoms with Gasteiger partial charge in [0.25, 0.3) is 0 Å². The van der Waals surface area contributed by atoms with Crippen LogP contribution in [0, 0.1) is 0 Å². The van der Waals surface area contributed by atoms with Gasteiger partial charge in [0.15, 0.2) is 0 Å². The molecular formula is C31H32N4. The number of nitrogens with one attached hydrogen (secondary N) is 1. The maximum atomic E-state index is 4.62. The van der Waals surface area contributed by atoms with Gasteiger partial charge in [-0.15, -0.1) is 0 Å². The number of rotatable bonds is 7. The highest BCUT2D eigenvalue weighted by Gasteiger charge is 2.39. The van der Waals surface area contributed by atoms with Crippen LogP contribution in [0.2, 0.25) is 0 Å². The summed E-state index contributed by atoms with van der Waals surface area (Å²) in [6.07, 6.45) is 13.9. The Morgan fingerprint density at radius 2 is 1.31 bits per heavy atom. The fraction of sp³-hybridized carbons (Fsp3) is 0.161. The van der Waals surface area contributed by atoms with Crippen LogP contribution in [0.25, 0.3) is 6.08 Å². The average Bonchev–Trinajstić information content (AvgIpc) is 3.61. The molecule has 3 aromatic carbocycles. The molecule has 35 heavy (non-hydrogen) atoms. The SMILES string of the molecule is C/C=C/c1nccn1C(c1ccccc1)(c1ccccc1)c1ccccc1.CCCc1ncc[nH]1. The summed E-state index contributed by atoms with van der Waals surface area (Å²) in [4.78, 5) is 11.7. The predicted octanol–water partition coefficient (Wildman–Crippen LogP) is 7.12. The van der Waals surface area contributed by atoms with Gasteiger partial charge < -0.3 is 9.55 Å². The van der Waals surface area contributed by atoms with Crippen LogP contribution in [-0.4, -0.2) is 19.5 Å². The van der Waals surface area contributed by atoms with Gasteiger partial charge in [-0.1, -0.05) is 104 Å². The highest BCUT2D eigenvalue weighted by Crippen LogP contribution is 2.41. The van der Waals surface area contributed by atoms with Crippen LogP contribution in [0.5, 0.6) is 0 Å². The van der Waals surface area contributed by atoms with Gasteiger partial charge >= 0.3 is 0 Å². The number of benzene rings is 3. The van der Waals surface area contributed by atoms with Crippen LogP contribution in [0.1, 0.15) is 48.6 Å². The first kappa shape index (κ1) is 24.0. The van der Waals surface area contributed by atoms with E-state index in [0.29, 0.717) is 0 Å². The summed E-state index contributed by atoms with van der Waals surface area (Å²) in [5, 5.41) is 0. The van der Waals surface area contributed by atoms with Gasteiger partial charge in [0.05, 0.1) is 0 Å². The van der Waals surface area contributed by atoms with Crippen molar-refractivity contribution in [3.8, 4) is 0 Å². The van der Waals surface area contributed by atoms with Crippen molar-refractivity contribution < 1.29 is 0 Å². The number of aromatic amines is 1. The van der Waals surface area contributed by atoms with E-state index in [1.807, 2.05) is 25.4 Å². The Morgan fingerprint density at radius 1 is 0.771 bits per heavy atom. The lowest BCUT2D eigenvalue weighted by Crippen LogP contribution is -2.38. The third-order valence-corrected chi connectivity index (χ3v) is 5.96. The molecule has 176 valence electrons. The quantitative estimate of drug-likeness (QED) is 0.263. The second-order valence-corrected chi connectivity index (χ2v) is 8.25. The van der Waals surface area contributed by atoms with Crippen LogP contribution < -0.4 is 0 Å². The zero-order chi connectivity index (χ0) is 24.3. The first-order valence-corrected chi connectivity index (χ1v) is 12.1. The standard InChI is InChI=1S/C25H22N2.C6H10N2/c1-2-12-24-26-19-20-27(24)25(21-13-6-3-7-14-21,22-15-8-4-9-16-22)23-17-10-5-11-18-23;1-2-3-6-7-4-5-8-6/h2-20H,1H3;4-5H,2-3H2,1H3,(H,7,8)/b12-2+;. The van der Waals surface area contributed by atoms with E-state index in [2.05, 4.69) is 130 Å². The molecule has 0 saturated carbocycles. The summed E-state index contributed by atoms with van der Waals surface area (Å²) in [6.45, 7) is 4.16. The smallest absolute Gasteiger partial charge is 0.133 e. The number of hydrogen-bond donors (Lipinski definition) is 1. The lowest BCUT2D eigenvalue weighted by atomic mass is 9.76. The van der Waals surface area contributed by atoms with Crippen LogP contribution in [0.4, 0.5) is 0 Å². The molecule has 4 nitrogen and oxygen atoms in total. The van der Waals surface area contributed by atoms with Gasteiger partial charge in [-0.05, 0) is 36.1 Å². The molecular weight excluding hydrogens is 428 g/mol. The zero-order valence-electron chi connectivity index (χ0n) is 20.4. The first-order valence-electron chi connectivity index (χ1n) is 12.1.